The van der Waals surface area contributed by atoms with Crippen LogP contribution in [0, 0.1) is 0 Å². The van der Waals surface area contributed by atoms with E-state index in [9.17, 15) is 4.79 Å². The zero-order valence-electron chi connectivity index (χ0n) is 6.05. The Morgan fingerprint density at radius 2 is 1.90 bits per heavy atom. The van der Waals surface area contributed by atoms with Crippen LogP contribution in [-0.4, -0.2) is 5.78 Å². The smallest absolute Gasteiger partial charge is 0.159 e. The molecule has 0 aromatic heterocycles. The van der Waals surface area contributed by atoms with Crippen molar-refractivity contribution in [2.45, 2.75) is 6.92 Å². The summed E-state index contributed by atoms with van der Waals surface area (Å²) in [6.07, 6.45) is 3.09. The first kappa shape index (κ1) is 8.69. The van der Waals surface area contributed by atoms with Crippen LogP contribution < -0.4 is 5.73 Å². The highest BCUT2D eigenvalue weighted by molar-refractivity contribution is 5.95. The molecule has 0 atom stereocenters. The Bertz CT molecular complexity index is 201. The molecule has 0 spiro atoms. The largest absolute Gasteiger partial charge is 0.399 e. The third-order valence-corrected chi connectivity index (χ3v) is 0.951. The van der Waals surface area contributed by atoms with Crippen LogP contribution in [0.3, 0.4) is 0 Å². The van der Waals surface area contributed by atoms with E-state index in [0.29, 0.717) is 11.3 Å². The van der Waals surface area contributed by atoms with Crippen LogP contribution in [0.25, 0.3) is 0 Å². The lowest BCUT2D eigenvalue weighted by Gasteiger charge is -1.89. The molecule has 0 radical (unpaired) electrons. The molecule has 0 saturated heterocycles. The van der Waals surface area contributed by atoms with Crippen LogP contribution in [0.15, 0.2) is 36.6 Å². The quantitative estimate of drug-likeness (QED) is 0.468. The Morgan fingerprint density at radius 3 is 2.20 bits per heavy atom. The SMILES string of the molecule is C=C(N)/C=C\C(=C)C(C)=O. The summed E-state index contributed by atoms with van der Waals surface area (Å²) in [6.45, 7) is 8.37. The topological polar surface area (TPSA) is 43.1 Å². The van der Waals surface area contributed by atoms with E-state index in [1.165, 1.54) is 6.92 Å². The summed E-state index contributed by atoms with van der Waals surface area (Å²) in [6, 6.07) is 0. The van der Waals surface area contributed by atoms with Crippen molar-refractivity contribution in [1.82, 2.24) is 0 Å². The maximum Gasteiger partial charge on any atom is 0.159 e. The second-order valence-electron chi connectivity index (χ2n) is 1.99. The molecule has 0 fully saturated rings. The summed E-state index contributed by atoms with van der Waals surface area (Å²) in [5.41, 5.74) is 6.06. The predicted molar refractivity (Wildman–Crippen MR) is 42.3 cm³/mol. The monoisotopic (exact) mass is 137 g/mol. The van der Waals surface area contributed by atoms with Gasteiger partial charge in [-0.05, 0) is 13.0 Å². The number of nitrogens with two attached hydrogens (primary N) is 1. The van der Waals surface area contributed by atoms with Crippen molar-refractivity contribution in [2.75, 3.05) is 0 Å². The minimum atomic E-state index is -0.0579. The number of carbonyl (C=O) groups excluding carboxylic acids is 1. The minimum Gasteiger partial charge on any atom is -0.399 e. The summed E-state index contributed by atoms with van der Waals surface area (Å²) >= 11 is 0. The van der Waals surface area contributed by atoms with Gasteiger partial charge in [0.2, 0.25) is 0 Å². The molecule has 2 heteroatoms. The van der Waals surface area contributed by atoms with Crippen molar-refractivity contribution < 1.29 is 4.79 Å². The highest BCUT2D eigenvalue weighted by atomic mass is 16.1. The lowest BCUT2D eigenvalue weighted by Crippen LogP contribution is -1.93. The van der Waals surface area contributed by atoms with Gasteiger partial charge in [0.05, 0.1) is 0 Å². The van der Waals surface area contributed by atoms with Crippen LogP contribution in [0.1, 0.15) is 6.92 Å². The molecule has 54 valence electrons. The van der Waals surface area contributed by atoms with Crippen molar-refractivity contribution >= 4 is 5.78 Å². The Kier molecular flexibility index (Phi) is 3.19. The zero-order valence-corrected chi connectivity index (χ0v) is 6.05. The lowest BCUT2D eigenvalue weighted by molar-refractivity contribution is -0.113. The number of hydrogen-bond acceptors (Lipinski definition) is 2. The van der Waals surface area contributed by atoms with Gasteiger partial charge in [-0.2, -0.15) is 0 Å². The first-order valence-electron chi connectivity index (χ1n) is 2.86. The molecule has 0 aliphatic carbocycles. The van der Waals surface area contributed by atoms with Crippen molar-refractivity contribution in [2.24, 2.45) is 5.73 Å². The Morgan fingerprint density at radius 1 is 1.40 bits per heavy atom. The molecule has 0 aromatic carbocycles. The first-order chi connectivity index (χ1) is 4.54. The van der Waals surface area contributed by atoms with Crippen LogP contribution in [-0.2, 0) is 4.79 Å². The highest BCUT2D eigenvalue weighted by Crippen LogP contribution is 1.95. The average Bonchev–Trinajstić information content (AvgIpc) is 1.82. The van der Waals surface area contributed by atoms with Crippen molar-refractivity contribution in [3.63, 3.8) is 0 Å². The molecule has 0 unspecified atom stereocenters. The summed E-state index contributed by atoms with van der Waals surface area (Å²) in [5, 5.41) is 0. The summed E-state index contributed by atoms with van der Waals surface area (Å²) in [5.74, 6) is -0.0579. The van der Waals surface area contributed by atoms with E-state index in [1.54, 1.807) is 12.2 Å². The van der Waals surface area contributed by atoms with Crippen LogP contribution in [0.5, 0.6) is 0 Å². The summed E-state index contributed by atoms with van der Waals surface area (Å²) in [7, 11) is 0. The second kappa shape index (κ2) is 3.67. The van der Waals surface area contributed by atoms with Crippen LogP contribution in [0.4, 0.5) is 0 Å². The van der Waals surface area contributed by atoms with Crippen LogP contribution in [0.2, 0.25) is 0 Å². The van der Waals surface area contributed by atoms with E-state index in [2.05, 4.69) is 13.2 Å². The fraction of sp³-hybridized carbons (Fsp3) is 0.125. The molecule has 0 bridgehead atoms. The summed E-state index contributed by atoms with van der Waals surface area (Å²) < 4.78 is 0. The molecule has 0 rings (SSSR count). The molecule has 0 saturated carbocycles. The van der Waals surface area contributed by atoms with Crippen molar-refractivity contribution in [3.05, 3.63) is 36.6 Å². The van der Waals surface area contributed by atoms with Gasteiger partial charge in [-0.25, -0.2) is 0 Å². The number of rotatable bonds is 3. The maximum absolute atomic E-state index is 10.5. The van der Waals surface area contributed by atoms with Gasteiger partial charge in [-0.3, -0.25) is 4.79 Å². The van der Waals surface area contributed by atoms with Crippen LogP contribution >= 0.6 is 0 Å². The number of ketones is 1. The summed E-state index contributed by atoms with van der Waals surface area (Å²) in [4.78, 5) is 10.5. The van der Waals surface area contributed by atoms with Gasteiger partial charge < -0.3 is 5.73 Å². The number of allylic oxidation sites excluding steroid dienone is 3. The molecule has 10 heavy (non-hydrogen) atoms. The van der Waals surface area contributed by atoms with Gasteiger partial charge in [0.1, 0.15) is 0 Å². The average molecular weight is 137 g/mol. The number of carbonyl (C=O) groups is 1. The van der Waals surface area contributed by atoms with Gasteiger partial charge in [0.25, 0.3) is 0 Å². The van der Waals surface area contributed by atoms with E-state index in [-0.39, 0.29) is 5.78 Å². The standard InChI is InChI=1S/C8H11NO/c1-6(8(3)10)4-5-7(2)9/h4-5H,1-2,9H2,3H3/b5-4-. The van der Waals surface area contributed by atoms with Gasteiger partial charge in [0.15, 0.2) is 5.78 Å². The molecule has 0 heterocycles. The Labute approximate surface area is 60.7 Å². The molecule has 0 aromatic rings. The van der Waals surface area contributed by atoms with Gasteiger partial charge in [-0.1, -0.05) is 19.2 Å². The van der Waals surface area contributed by atoms with E-state index < -0.39 is 0 Å². The van der Waals surface area contributed by atoms with Gasteiger partial charge in [-0.15, -0.1) is 0 Å². The number of hydrogen-bond donors (Lipinski definition) is 1. The number of Topliss-reactive ketones (excluding diaryl/α,β-unsaturated/α-hetero) is 1. The normalized spacial score (nSPS) is 9.70. The zero-order chi connectivity index (χ0) is 8.15. The van der Waals surface area contributed by atoms with E-state index in [1.807, 2.05) is 0 Å². The predicted octanol–water partition coefficient (Wildman–Crippen LogP) is 1.16. The lowest BCUT2D eigenvalue weighted by atomic mass is 10.2. The molecule has 0 aliphatic rings. The maximum atomic E-state index is 10.5. The van der Waals surface area contributed by atoms with E-state index >= 15 is 0 Å². The highest BCUT2D eigenvalue weighted by Gasteiger charge is 1.92. The molecule has 2 nitrogen and oxygen atoms in total. The molecule has 2 N–H and O–H groups in total. The minimum absolute atomic E-state index is 0.0579. The Balaban J connectivity index is 4.03. The van der Waals surface area contributed by atoms with Crippen molar-refractivity contribution in [1.29, 1.82) is 0 Å². The van der Waals surface area contributed by atoms with E-state index in [0.717, 1.165) is 0 Å². The second-order valence-corrected chi connectivity index (χ2v) is 1.99. The molecular weight excluding hydrogens is 126 g/mol. The Hall–Kier alpha value is -1.31. The third kappa shape index (κ3) is 3.66. The first-order valence-corrected chi connectivity index (χ1v) is 2.86. The molecule has 0 amide bonds. The van der Waals surface area contributed by atoms with E-state index in [4.69, 9.17) is 5.73 Å². The third-order valence-electron chi connectivity index (χ3n) is 0.951. The van der Waals surface area contributed by atoms with Gasteiger partial charge in [0, 0.05) is 11.3 Å². The molecule has 0 aliphatic heterocycles. The fourth-order valence-corrected chi connectivity index (χ4v) is 0.325. The fourth-order valence-electron chi connectivity index (χ4n) is 0.325. The molecular formula is C8H11NO. The van der Waals surface area contributed by atoms with Gasteiger partial charge >= 0.3 is 0 Å². The van der Waals surface area contributed by atoms with Crippen molar-refractivity contribution in [3.8, 4) is 0 Å².